The van der Waals surface area contributed by atoms with Gasteiger partial charge in [-0.15, -0.1) is 11.3 Å². The molecule has 1 aromatic rings. The average Bonchev–Trinajstić information content (AvgIpc) is 2.20. The average molecular weight is 164 g/mol. The van der Waals surface area contributed by atoms with E-state index in [4.69, 9.17) is 17.3 Å². The first kappa shape index (κ1) is 8.79. The molecule has 1 nitrogen and oxygen atoms in total. The van der Waals surface area contributed by atoms with E-state index in [-0.39, 0.29) is 0 Å². The third-order valence-corrected chi connectivity index (χ3v) is 1.65. The zero-order chi connectivity index (χ0) is 7.28. The number of hydrogen-bond donors (Lipinski definition) is 1. The van der Waals surface area contributed by atoms with Crippen LogP contribution in [0.4, 0.5) is 5.00 Å². The molecule has 9 heavy (non-hydrogen) atoms. The highest BCUT2D eigenvalue weighted by Gasteiger charge is 1.87. The zero-order valence-electron chi connectivity index (χ0n) is 5.52. The minimum absolute atomic E-state index is 0.748. The molecule has 0 aliphatic carbocycles. The lowest BCUT2D eigenvalue weighted by Gasteiger charge is -1.71. The van der Waals surface area contributed by atoms with Crippen molar-refractivity contribution in [1.82, 2.24) is 0 Å². The standard InChI is InChI=1S/C4H4ClNS.C2H6/c5-3-1-2-4(6)7-3;1-2/h1-2H,6H2;1-2H3. The number of anilines is 1. The molecule has 0 saturated heterocycles. The Labute approximate surface area is 64.5 Å². The van der Waals surface area contributed by atoms with E-state index in [9.17, 15) is 0 Å². The van der Waals surface area contributed by atoms with Crippen LogP contribution in [0, 0.1) is 0 Å². The molecule has 1 heterocycles. The lowest BCUT2D eigenvalue weighted by Crippen LogP contribution is -1.72. The van der Waals surface area contributed by atoms with Gasteiger partial charge in [-0.25, -0.2) is 0 Å². The Morgan fingerprint density at radius 1 is 1.44 bits per heavy atom. The summed E-state index contributed by atoms with van der Waals surface area (Å²) in [7, 11) is 0. The van der Waals surface area contributed by atoms with E-state index in [0.29, 0.717) is 0 Å². The molecule has 0 aliphatic rings. The molecular weight excluding hydrogens is 154 g/mol. The van der Waals surface area contributed by atoms with Crippen molar-refractivity contribution >= 4 is 27.9 Å². The fourth-order valence-corrected chi connectivity index (χ4v) is 1.16. The molecule has 3 heteroatoms. The molecule has 52 valence electrons. The van der Waals surface area contributed by atoms with Gasteiger partial charge in [0.2, 0.25) is 0 Å². The summed E-state index contributed by atoms with van der Waals surface area (Å²) in [6.07, 6.45) is 0. The van der Waals surface area contributed by atoms with Crippen molar-refractivity contribution in [2.75, 3.05) is 5.73 Å². The first-order valence-electron chi connectivity index (χ1n) is 2.80. The van der Waals surface area contributed by atoms with Gasteiger partial charge in [0.25, 0.3) is 0 Å². The van der Waals surface area contributed by atoms with Crippen LogP contribution in [0.2, 0.25) is 4.34 Å². The maximum atomic E-state index is 5.50. The van der Waals surface area contributed by atoms with E-state index in [0.717, 1.165) is 9.34 Å². The smallest absolute Gasteiger partial charge is 0.0950 e. The summed E-state index contributed by atoms with van der Waals surface area (Å²) in [4.78, 5) is 0. The molecule has 0 amide bonds. The van der Waals surface area contributed by atoms with Crippen molar-refractivity contribution in [2.45, 2.75) is 13.8 Å². The summed E-state index contributed by atoms with van der Waals surface area (Å²) in [6, 6.07) is 3.56. The maximum Gasteiger partial charge on any atom is 0.0950 e. The zero-order valence-corrected chi connectivity index (χ0v) is 7.09. The summed E-state index contributed by atoms with van der Waals surface area (Å²) in [5, 5.41) is 0.769. The Bertz CT molecular complexity index is 145. The van der Waals surface area contributed by atoms with E-state index in [1.54, 1.807) is 12.1 Å². The Morgan fingerprint density at radius 3 is 2.11 bits per heavy atom. The van der Waals surface area contributed by atoms with E-state index < -0.39 is 0 Å². The van der Waals surface area contributed by atoms with Gasteiger partial charge in [0.1, 0.15) is 0 Å². The molecule has 2 N–H and O–H groups in total. The number of hydrogen-bond acceptors (Lipinski definition) is 2. The summed E-state index contributed by atoms with van der Waals surface area (Å²) < 4.78 is 0.748. The van der Waals surface area contributed by atoms with Gasteiger partial charge in [-0.1, -0.05) is 25.4 Å². The van der Waals surface area contributed by atoms with Crippen LogP contribution in [-0.4, -0.2) is 0 Å². The van der Waals surface area contributed by atoms with Gasteiger partial charge in [-0.2, -0.15) is 0 Å². The molecule has 0 fully saturated rings. The Kier molecular flexibility index (Phi) is 4.54. The molecule has 1 aromatic heterocycles. The number of halogens is 1. The molecule has 0 radical (unpaired) electrons. The van der Waals surface area contributed by atoms with Gasteiger partial charge < -0.3 is 5.73 Å². The van der Waals surface area contributed by atoms with Gasteiger partial charge >= 0.3 is 0 Å². The monoisotopic (exact) mass is 163 g/mol. The minimum Gasteiger partial charge on any atom is -0.391 e. The molecule has 0 aromatic carbocycles. The summed E-state index contributed by atoms with van der Waals surface area (Å²) in [5.41, 5.74) is 5.31. The van der Waals surface area contributed by atoms with Crippen LogP contribution in [0.5, 0.6) is 0 Å². The molecular formula is C6H10ClNS. The van der Waals surface area contributed by atoms with Crippen LogP contribution in [0.25, 0.3) is 0 Å². The molecule has 0 aliphatic heterocycles. The second kappa shape index (κ2) is 4.65. The van der Waals surface area contributed by atoms with Gasteiger partial charge in [0, 0.05) is 0 Å². The van der Waals surface area contributed by atoms with Crippen LogP contribution in [0.15, 0.2) is 12.1 Å². The van der Waals surface area contributed by atoms with Crippen molar-refractivity contribution < 1.29 is 0 Å². The Hall–Kier alpha value is -0.210. The van der Waals surface area contributed by atoms with E-state index in [2.05, 4.69) is 0 Å². The molecule has 0 bridgehead atoms. The SMILES string of the molecule is CC.Nc1ccc(Cl)s1. The molecule has 1 rings (SSSR count). The topological polar surface area (TPSA) is 26.0 Å². The molecule has 0 atom stereocenters. The third kappa shape index (κ3) is 3.38. The highest BCUT2D eigenvalue weighted by molar-refractivity contribution is 7.19. The van der Waals surface area contributed by atoms with Crippen molar-refractivity contribution in [2.24, 2.45) is 0 Å². The van der Waals surface area contributed by atoms with E-state index in [1.165, 1.54) is 11.3 Å². The van der Waals surface area contributed by atoms with Gasteiger partial charge in [-0.05, 0) is 12.1 Å². The van der Waals surface area contributed by atoms with Gasteiger partial charge in [-0.3, -0.25) is 0 Å². The quantitative estimate of drug-likeness (QED) is 0.625. The van der Waals surface area contributed by atoms with Crippen LogP contribution in [0.3, 0.4) is 0 Å². The first-order chi connectivity index (χ1) is 4.29. The van der Waals surface area contributed by atoms with Crippen molar-refractivity contribution in [1.29, 1.82) is 0 Å². The number of thiophene rings is 1. The number of nitrogens with two attached hydrogens (primary N) is 1. The van der Waals surface area contributed by atoms with Crippen LogP contribution >= 0.6 is 22.9 Å². The molecule has 0 unspecified atom stereocenters. The van der Waals surface area contributed by atoms with Crippen LogP contribution in [0.1, 0.15) is 13.8 Å². The van der Waals surface area contributed by atoms with Crippen LogP contribution in [-0.2, 0) is 0 Å². The normalized spacial score (nSPS) is 7.89. The fourth-order valence-electron chi connectivity index (χ4n) is 0.328. The van der Waals surface area contributed by atoms with Crippen molar-refractivity contribution in [3.05, 3.63) is 16.5 Å². The van der Waals surface area contributed by atoms with Crippen molar-refractivity contribution in [3.8, 4) is 0 Å². The Balaban J connectivity index is 0.000000291. The second-order valence-corrected chi connectivity index (χ2v) is 2.89. The minimum atomic E-state index is 0.748. The van der Waals surface area contributed by atoms with Gasteiger partial charge in [0.05, 0.1) is 9.34 Å². The lowest BCUT2D eigenvalue weighted by atomic mass is 10.6. The lowest BCUT2D eigenvalue weighted by molar-refractivity contribution is 1.50. The van der Waals surface area contributed by atoms with E-state index in [1.807, 2.05) is 13.8 Å². The first-order valence-corrected chi connectivity index (χ1v) is 3.99. The fraction of sp³-hybridized carbons (Fsp3) is 0.333. The highest BCUT2D eigenvalue weighted by atomic mass is 35.5. The third-order valence-electron chi connectivity index (χ3n) is 0.594. The predicted octanol–water partition coefficient (Wildman–Crippen LogP) is 3.01. The molecule has 0 saturated carbocycles. The summed E-state index contributed by atoms with van der Waals surface area (Å²) in [6.45, 7) is 4.00. The Morgan fingerprint density at radius 2 is 2.00 bits per heavy atom. The molecule has 0 spiro atoms. The number of nitrogen functional groups attached to an aromatic ring is 1. The predicted molar refractivity (Wildman–Crippen MR) is 45.1 cm³/mol. The summed E-state index contributed by atoms with van der Waals surface area (Å²) in [5.74, 6) is 0. The second-order valence-electron chi connectivity index (χ2n) is 1.14. The van der Waals surface area contributed by atoms with Crippen LogP contribution < -0.4 is 5.73 Å². The maximum absolute atomic E-state index is 5.50. The van der Waals surface area contributed by atoms with Gasteiger partial charge in [0.15, 0.2) is 0 Å². The number of rotatable bonds is 0. The largest absolute Gasteiger partial charge is 0.391 e. The summed E-state index contributed by atoms with van der Waals surface area (Å²) >= 11 is 6.88. The highest BCUT2D eigenvalue weighted by Crippen LogP contribution is 2.22. The van der Waals surface area contributed by atoms with E-state index >= 15 is 0 Å². The van der Waals surface area contributed by atoms with Crippen molar-refractivity contribution in [3.63, 3.8) is 0 Å².